The van der Waals surface area contributed by atoms with E-state index in [9.17, 15) is 18.0 Å². The van der Waals surface area contributed by atoms with Crippen molar-refractivity contribution >= 4 is 31.8 Å². The molecule has 0 unspecified atom stereocenters. The standard InChI is InChI=1S/C8H6ClNO4S/c1-5(12)6-2-7(4-11)10-8(3-6)15(9,13)14/h2-4H,1H3. The lowest BCUT2D eigenvalue weighted by Gasteiger charge is -2.00. The Kier molecular flexibility index (Phi) is 3.21. The maximum absolute atomic E-state index is 11.0. The van der Waals surface area contributed by atoms with Gasteiger partial charge in [-0.1, -0.05) is 0 Å². The zero-order valence-electron chi connectivity index (χ0n) is 7.60. The number of ketones is 1. The molecule has 0 N–H and O–H groups in total. The fraction of sp³-hybridized carbons (Fsp3) is 0.125. The Morgan fingerprint density at radius 2 is 2.07 bits per heavy atom. The van der Waals surface area contributed by atoms with Crippen LogP contribution in [0.4, 0.5) is 0 Å². The molecule has 0 bridgehead atoms. The Balaban J connectivity index is 3.50. The highest BCUT2D eigenvalue weighted by Crippen LogP contribution is 2.15. The van der Waals surface area contributed by atoms with Crippen LogP contribution in [-0.2, 0) is 9.05 Å². The van der Waals surface area contributed by atoms with Gasteiger partial charge in [0.05, 0.1) is 0 Å². The molecule has 7 heteroatoms. The van der Waals surface area contributed by atoms with Gasteiger partial charge >= 0.3 is 0 Å². The van der Waals surface area contributed by atoms with Gasteiger partial charge in [-0.15, -0.1) is 0 Å². The summed E-state index contributed by atoms with van der Waals surface area (Å²) < 4.78 is 21.9. The van der Waals surface area contributed by atoms with Crippen molar-refractivity contribution in [2.45, 2.75) is 11.9 Å². The van der Waals surface area contributed by atoms with Crippen LogP contribution >= 0.6 is 10.7 Å². The number of pyridine rings is 1. The molecule has 0 amide bonds. The second kappa shape index (κ2) is 4.08. The molecule has 5 nitrogen and oxygen atoms in total. The van der Waals surface area contributed by atoms with E-state index in [0.29, 0.717) is 6.29 Å². The van der Waals surface area contributed by atoms with E-state index in [-0.39, 0.29) is 17.0 Å². The van der Waals surface area contributed by atoms with Crippen LogP contribution in [0.2, 0.25) is 0 Å². The van der Waals surface area contributed by atoms with Gasteiger partial charge in [0.25, 0.3) is 9.05 Å². The summed E-state index contributed by atoms with van der Waals surface area (Å²) in [5, 5.41) is -0.501. The van der Waals surface area contributed by atoms with Crippen molar-refractivity contribution in [3.8, 4) is 0 Å². The van der Waals surface area contributed by atoms with Crippen LogP contribution in [0.5, 0.6) is 0 Å². The minimum Gasteiger partial charge on any atom is -0.296 e. The third kappa shape index (κ3) is 2.84. The minimum absolute atomic E-state index is 0.0753. The number of aromatic nitrogens is 1. The largest absolute Gasteiger partial charge is 0.296 e. The highest BCUT2D eigenvalue weighted by atomic mass is 35.7. The first-order valence-corrected chi connectivity index (χ1v) is 6.08. The minimum atomic E-state index is -4.04. The van der Waals surface area contributed by atoms with Crippen LogP contribution in [0.15, 0.2) is 17.2 Å². The monoisotopic (exact) mass is 247 g/mol. The SMILES string of the molecule is CC(=O)c1cc(C=O)nc(S(=O)(=O)Cl)c1. The maximum Gasteiger partial charge on any atom is 0.278 e. The predicted molar refractivity (Wildman–Crippen MR) is 52.7 cm³/mol. The summed E-state index contributed by atoms with van der Waals surface area (Å²) in [7, 11) is 1.01. The summed E-state index contributed by atoms with van der Waals surface area (Å²) in [5.74, 6) is -0.373. The molecule has 0 fully saturated rings. The molecular formula is C8H6ClNO4S. The van der Waals surface area contributed by atoms with E-state index < -0.39 is 14.1 Å². The molecule has 0 aliphatic rings. The quantitative estimate of drug-likeness (QED) is 0.453. The molecule has 0 radical (unpaired) electrons. The van der Waals surface area contributed by atoms with Gasteiger partial charge in [0.1, 0.15) is 5.69 Å². The fourth-order valence-electron chi connectivity index (χ4n) is 0.914. The van der Waals surface area contributed by atoms with Crippen molar-refractivity contribution in [1.29, 1.82) is 0 Å². The van der Waals surface area contributed by atoms with Crippen LogP contribution in [-0.4, -0.2) is 25.5 Å². The molecule has 0 aliphatic heterocycles. The van der Waals surface area contributed by atoms with Crippen LogP contribution in [0.1, 0.15) is 27.8 Å². The highest BCUT2D eigenvalue weighted by Gasteiger charge is 2.15. The van der Waals surface area contributed by atoms with Crippen molar-refractivity contribution in [2.24, 2.45) is 0 Å². The van der Waals surface area contributed by atoms with Gasteiger partial charge in [0, 0.05) is 16.2 Å². The molecule has 0 saturated heterocycles. The molecule has 1 aromatic rings. The summed E-state index contributed by atoms with van der Waals surface area (Å²) in [4.78, 5) is 24.9. The number of hydrogen-bond donors (Lipinski definition) is 0. The summed E-state index contributed by atoms with van der Waals surface area (Å²) in [6.07, 6.45) is 0.345. The Bertz CT molecular complexity index is 523. The first-order valence-electron chi connectivity index (χ1n) is 3.77. The Morgan fingerprint density at radius 1 is 1.47 bits per heavy atom. The maximum atomic E-state index is 11.0. The van der Waals surface area contributed by atoms with Crippen molar-refractivity contribution < 1.29 is 18.0 Å². The molecule has 1 aromatic heterocycles. The zero-order valence-corrected chi connectivity index (χ0v) is 9.17. The summed E-state index contributed by atoms with van der Waals surface area (Å²) in [6, 6.07) is 2.22. The number of halogens is 1. The molecule has 0 saturated carbocycles. The van der Waals surface area contributed by atoms with E-state index in [4.69, 9.17) is 10.7 Å². The normalized spacial score (nSPS) is 11.1. The number of rotatable bonds is 3. The lowest BCUT2D eigenvalue weighted by atomic mass is 10.2. The molecule has 0 atom stereocenters. The van der Waals surface area contributed by atoms with Gasteiger partial charge in [-0.05, 0) is 19.1 Å². The van der Waals surface area contributed by atoms with Gasteiger partial charge in [0.15, 0.2) is 17.1 Å². The summed E-state index contributed by atoms with van der Waals surface area (Å²) in [6.45, 7) is 1.24. The highest BCUT2D eigenvalue weighted by molar-refractivity contribution is 8.13. The van der Waals surface area contributed by atoms with Gasteiger partial charge in [0.2, 0.25) is 0 Å². The van der Waals surface area contributed by atoms with E-state index in [2.05, 4.69) is 4.98 Å². The second-order valence-corrected chi connectivity index (χ2v) is 5.24. The number of nitrogens with zero attached hydrogens (tertiary/aromatic N) is 1. The van der Waals surface area contributed by atoms with Crippen molar-refractivity contribution in [3.05, 3.63) is 23.4 Å². The molecule has 0 aromatic carbocycles. The number of hydrogen-bond acceptors (Lipinski definition) is 5. The van der Waals surface area contributed by atoms with Crippen molar-refractivity contribution in [1.82, 2.24) is 4.98 Å². The number of carbonyl (C=O) groups is 2. The van der Waals surface area contributed by atoms with Crippen LogP contribution < -0.4 is 0 Å². The molecule has 1 heterocycles. The first kappa shape index (κ1) is 11.8. The lowest BCUT2D eigenvalue weighted by molar-refractivity contribution is 0.101. The van der Waals surface area contributed by atoms with Crippen molar-refractivity contribution in [3.63, 3.8) is 0 Å². The van der Waals surface area contributed by atoms with Crippen LogP contribution in [0.3, 0.4) is 0 Å². The smallest absolute Gasteiger partial charge is 0.278 e. The fourth-order valence-corrected chi connectivity index (χ4v) is 1.63. The Hall–Kier alpha value is -1.27. The first-order chi connectivity index (χ1) is 6.84. The molecule has 15 heavy (non-hydrogen) atoms. The summed E-state index contributed by atoms with van der Waals surface area (Å²) >= 11 is 0. The number of carbonyl (C=O) groups excluding carboxylic acids is 2. The third-order valence-electron chi connectivity index (χ3n) is 1.60. The Labute approximate surface area is 90.5 Å². The predicted octanol–water partition coefficient (Wildman–Crippen LogP) is 1.02. The van der Waals surface area contributed by atoms with E-state index in [1.807, 2.05) is 0 Å². The average Bonchev–Trinajstić information content (AvgIpc) is 2.15. The van der Waals surface area contributed by atoms with Gasteiger partial charge in [-0.2, -0.15) is 0 Å². The molecular weight excluding hydrogens is 242 g/mol. The van der Waals surface area contributed by atoms with Crippen LogP contribution in [0, 0.1) is 0 Å². The van der Waals surface area contributed by atoms with Crippen molar-refractivity contribution in [2.75, 3.05) is 0 Å². The second-order valence-electron chi connectivity index (χ2n) is 2.73. The van der Waals surface area contributed by atoms with Crippen LogP contribution in [0.25, 0.3) is 0 Å². The van der Waals surface area contributed by atoms with Gasteiger partial charge in [-0.3, -0.25) is 9.59 Å². The average molecular weight is 248 g/mol. The van der Waals surface area contributed by atoms with Gasteiger partial charge < -0.3 is 0 Å². The molecule has 0 spiro atoms. The van der Waals surface area contributed by atoms with E-state index in [1.54, 1.807) is 0 Å². The van der Waals surface area contributed by atoms with E-state index in [1.165, 1.54) is 13.0 Å². The summed E-state index contributed by atoms with van der Waals surface area (Å²) in [5.41, 5.74) is -0.0757. The third-order valence-corrected chi connectivity index (χ3v) is 2.78. The van der Waals surface area contributed by atoms with E-state index in [0.717, 1.165) is 6.07 Å². The molecule has 1 rings (SSSR count). The molecule has 80 valence electrons. The van der Waals surface area contributed by atoms with Gasteiger partial charge in [-0.25, -0.2) is 13.4 Å². The van der Waals surface area contributed by atoms with E-state index >= 15 is 0 Å². The molecule has 0 aliphatic carbocycles. The number of Topliss-reactive ketones (excluding diaryl/α,β-unsaturated/α-hetero) is 1. The number of aldehydes is 1. The Morgan fingerprint density at radius 3 is 2.47 bits per heavy atom. The zero-order chi connectivity index (χ0) is 11.6. The topological polar surface area (TPSA) is 81.2 Å². The lowest BCUT2D eigenvalue weighted by Crippen LogP contribution is -2.03.